The zero-order valence-corrected chi connectivity index (χ0v) is 11.8. The average Bonchev–Trinajstić information content (AvgIpc) is 2.45. The molecule has 0 aliphatic carbocycles. The van der Waals surface area contributed by atoms with Crippen LogP contribution in [-0.4, -0.2) is 33.6 Å². The van der Waals surface area contributed by atoms with Gasteiger partial charge in [-0.15, -0.1) is 0 Å². The Kier molecular flexibility index (Phi) is 5.09. The molecule has 0 saturated heterocycles. The van der Waals surface area contributed by atoms with Crippen LogP contribution in [0.15, 0.2) is 0 Å². The summed E-state index contributed by atoms with van der Waals surface area (Å²) in [6.07, 6.45) is 0.884. The molecule has 0 aromatic carbocycles. The van der Waals surface area contributed by atoms with E-state index in [0.717, 1.165) is 41.3 Å². The zero-order chi connectivity index (χ0) is 11.4. The van der Waals surface area contributed by atoms with Crippen molar-refractivity contribution in [3.05, 3.63) is 16.4 Å². The van der Waals surface area contributed by atoms with Gasteiger partial charge in [-0.05, 0) is 13.5 Å². The molecule has 15 heavy (non-hydrogen) atoms. The monoisotopic (exact) mass is 293 g/mol. The van der Waals surface area contributed by atoms with E-state index in [1.807, 2.05) is 11.7 Å². The summed E-state index contributed by atoms with van der Waals surface area (Å²) in [6.45, 7) is 3.91. The van der Waals surface area contributed by atoms with Gasteiger partial charge in [0.1, 0.15) is 0 Å². The van der Waals surface area contributed by atoms with Crippen molar-refractivity contribution in [1.29, 1.82) is 0 Å². The summed E-state index contributed by atoms with van der Waals surface area (Å²) < 4.78 is 1.88. The van der Waals surface area contributed by atoms with Crippen molar-refractivity contribution in [2.45, 2.75) is 19.9 Å². The molecule has 0 amide bonds. The number of rotatable bonds is 5. The Hall–Kier alpha value is -0.0600. The van der Waals surface area contributed by atoms with E-state index in [0.29, 0.717) is 0 Å². The molecular formula is C10H17BrClN3. The Morgan fingerprint density at radius 3 is 2.67 bits per heavy atom. The van der Waals surface area contributed by atoms with Crippen LogP contribution in [0.2, 0.25) is 5.02 Å². The predicted molar refractivity (Wildman–Crippen MR) is 67.7 cm³/mol. The van der Waals surface area contributed by atoms with Gasteiger partial charge in [-0.3, -0.25) is 9.58 Å². The number of aromatic nitrogens is 2. The molecule has 0 unspecified atom stereocenters. The van der Waals surface area contributed by atoms with Crippen molar-refractivity contribution in [3.8, 4) is 0 Å². The highest BCUT2D eigenvalue weighted by Gasteiger charge is 2.13. The van der Waals surface area contributed by atoms with Gasteiger partial charge in [0.15, 0.2) is 0 Å². The lowest BCUT2D eigenvalue weighted by Crippen LogP contribution is -2.21. The van der Waals surface area contributed by atoms with Crippen molar-refractivity contribution < 1.29 is 0 Å². The fourth-order valence-corrected chi connectivity index (χ4v) is 2.43. The summed E-state index contributed by atoms with van der Waals surface area (Å²) in [5.74, 6) is 0. The molecule has 0 aliphatic rings. The van der Waals surface area contributed by atoms with Crippen molar-refractivity contribution in [2.24, 2.45) is 7.05 Å². The van der Waals surface area contributed by atoms with E-state index in [2.05, 4.69) is 39.9 Å². The summed E-state index contributed by atoms with van der Waals surface area (Å²) in [4.78, 5) is 2.22. The third-order valence-electron chi connectivity index (χ3n) is 2.39. The van der Waals surface area contributed by atoms with Crippen LogP contribution < -0.4 is 0 Å². The molecular weight excluding hydrogens is 277 g/mol. The van der Waals surface area contributed by atoms with E-state index in [1.54, 1.807) is 0 Å². The van der Waals surface area contributed by atoms with Gasteiger partial charge < -0.3 is 0 Å². The Bertz CT molecular complexity index is 325. The van der Waals surface area contributed by atoms with Gasteiger partial charge in [0.2, 0.25) is 0 Å². The predicted octanol–water partition coefficient (Wildman–Crippen LogP) is 2.46. The van der Waals surface area contributed by atoms with Crippen LogP contribution >= 0.6 is 27.5 Å². The number of nitrogens with zero attached hydrogens (tertiary/aromatic N) is 3. The molecule has 1 heterocycles. The molecule has 0 spiro atoms. The lowest BCUT2D eigenvalue weighted by Gasteiger charge is -2.15. The van der Waals surface area contributed by atoms with Crippen LogP contribution in [0.3, 0.4) is 0 Å². The minimum absolute atomic E-state index is 0.821. The van der Waals surface area contributed by atoms with Crippen LogP contribution in [0, 0.1) is 0 Å². The first-order valence-corrected chi connectivity index (χ1v) is 6.54. The van der Waals surface area contributed by atoms with Crippen molar-refractivity contribution >= 4 is 27.5 Å². The molecule has 1 aromatic heterocycles. The molecule has 0 N–H and O–H groups in total. The topological polar surface area (TPSA) is 21.1 Å². The minimum atomic E-state index is 0.821. The maximum absolute atomic E-state index is 6.25. The molecule has 3 nitrogen and oxygen atoms in total. The van der Waals surface area contributed by atoms with Gasteiger partial charge >= 0.3 is 0 Å². The molecule has 0 atom stereocenters. The second-order valence-corrected chi connectivity index (χ2v) is 4.78. The van der Waals surface area contributed by atoms with Crippen LogP contribution in [-0.2, 0) is 20.0 Å². The van der Waals surface area contributed by atoms with Crippen LogP contribution in [0.1, 0.15) is 18.3 Å². The first kappa shape index (κ1) is 13.0. The molecule has 0 aliphatic heterocycles. The number of hydrogen-bond acceptors (Lipinski definition) is 2. The highest BCUT2D eigenvalue weighted by atomic mass is 79.9. The summed E-state index contributed by atoms with van der Waals surface area (Å²) in [5.41, 5.74) is 2.08. The summed E-state index contributed by atoms with van der Waals surface area (Å²) in [6, 6.07) is 0. The summed E-state index contributed by atoms with van der Waals surface area (Å²) >= 11 is 9.67. The molecule has 1 aromatic rings. The third kappa shape index (κ3) is 3.20. The lowest BCUT2D eigenvalue weighted by molar-refractivity contribution is 0.338. The number of halogens is 2. The number of hydrogen-bond donors (Lipinski definition) is 0. The molecule has 0 radical (unpaired) electrons. The number of aryl methyl sites for hydroxylation is 2. The van der Waals surface area contributed by atoms with Crippen molar-refractivity contribution in [3.63, 3.8) is 0 Å². The van der Waals surface area contributed by atoms with Gasteiger partial charge in [-0.1, -0.05) is 34.5 Å². The third-order valence-corrected chi connectivity index (χ3v) is 3.18. The van der Waals surface area contributed by atoms with Gasteiger partial charge in [0, 0.05) is 25.5 Å². The lowest BCUT2D eigenvalue weighted by atomic mass is 10.3. The van der Waals surface area contributed by atoms with Gasteiger partial charge in [-0.25, -0.2) is 0 Å². The smallest absolute Gasteiger partial charge is 0.0863 e. The highest BCUT2D eigenvalue weighted by Crippen LogP contribution is 2.21. The Labute approximate surface area is 105 Å². The fraction of sp³-hybridized carbons (Fsp3) is 0.700. The zero-order valence-electron chi connectivity index (χ0n) is 9.43. The fourth-order valence-electron chi connectivity index (χ4n) is 1.47. The molecule has 0 bridgehead atoms. The van der Waals surface area contributed by atoms with E-state index < -0.39 is 0 Å². The van der Waals surface area contributed by atoms with Gasteiger partial charge in [0.25, 0.3) is 0 Å². The van der Waals surface area contributed by atoms with Crippen molar-refractivity contribution in [1.82, 2.24) is 14.7 Å². The first-order chi connectivity index (χ1) is 7.10. The normalized spacial score (nSPS) is 11.3. The SMILES string of the molecule is CCc1nn(C)c(CN(C)CCBr)c1Cl. The van der Waals surface area contributed by atoms with E-state index in [-0.39, 0.29) is 0 Å². The van der Waals surface area contributed by atoms with Gasteiger partial charge in [0.05, 0.1) is 16.4 Å². The summed E-state index contributed by atoms with van der Waals surface area (Å²) in [7, 11) is 4.03. The quantitative estimate of drug-likeness (QED) is 0.778. The molecule has 5 heteroatoms. The van der Waals surface area contributed by atoms with E-state index >= 15 is 0 Å². The number of alkyl halides is 1. The Balaban J connectivity index is 2.80. The summed E-state index contributed by atoms with van der Waals surface area (Å²) in [5, 5.41) is 6.18. The molecule has 0 saturated carbocycles. The van der Waals surface area contributed by atoms with E-state index in [1.165, 1.54) is 0 Å². The first-order valence-electron chi connectivity index (χ1n) is 5.04. The second-order valence-electron chi connectivity index (χ2n) is 3.61. The minimum Gasteiger partial charge on any atom is -0.300 e. The van der Waals surface area contributed by atoms with E-state index in [4.69, 9.17) is 11.6 Å². The maximum atomic E-state index is 6.25. The second kappa shape index (κ2) is 5.87. The Morgan fingerprint density at radius 2 is 2.20 bits per heavy atom. The van der Waals surface area contributed by atoms with E-state index in [9.17, 15) is 0 Å². The van der Waals surface area contributed by atoms with Crippen LogP contribution in [0.5, 0.6) is 0 Å². The standard InChI is InChI=1S/C10H17BrClN3/c1-4-8-10(12)9(15(3)13-8)7-14(2)6-5-11/h4-7H2,1-3H3. The van der Waals surface area contributed by atoms with Crippen molar-refractivity contribution in [2.75, 3.05) is 18.9 Å². The molecule has 0 fully saturated rings. The molecule has 86 valence electrons. The van der Waals surface area contributed by atoms with Crippen LogP contribution in [0.4, 0.5) is 0 Å². The molecule has 1 rings (SSSR count). The maximum Gasteiger partial charge on any atom is 0.0863 e. The largest absolute Gasteiger partial charge is 0.300 e. The highest BCUT2D eigenvalue weighted by molar-refractivity contribution is 9.09. The Morgan fingerprint density at radius 1 is 1.53 bits per heavy atom. The average molecular weight is 295 g/mol. The van der Waals surface area contributed by atoms with Crippen LogP contribution in [0.25, 0.3) is 0 Å². The van der Waals surface area contributed by atoms with Gasteiger partial charge in [-0.2, -0.15) is 5.10 Å².